The molecule has 1 aliphatic rings. The van der Waals surface area contributed by atoms with Crippen LogP contribution in [0.1, 0.15) is 39.7 Å². The van der Waals surface area contributed by atoms with Gasteiger partial charge in [0.15, 0.2) is 11.6 Å². The number of non-ortho nitro benzene ring substituents is 1. The summed E-state index contributed by atoms with van der Waals surface area (Å²) < 4.78 is 71.6. The van der Waals surface area contributed by atoms with Crippen LogP contribution < -0.4 is 14.8 Å². The average Bonchev–Trinajstić information content (AvgIpc) is 3.08. The first-order valence-electron chi connectivity index (χ1n) is 12.3. The van der Waals surface area contributed by atoms with Gasteiger partial charge in [0.2, 0.25) is 10.0 Å². The van der Waals surface area contributed by atoms with Crippen LogP contribution in [-0.4, -0.2) is 67.0 Å². The summed E-state index contributed by atoms with van der Waals surface area (Å²) in [5.74, 6) is -2.05. The first-order chi connectivity index (χ1) is 18.8. The first kappa shape index (κ1) is 33.7. The lowest BCUT2D eigenvalue weighted by Gasteiger charge is -2.27. The van der Waals surface area contributed by atoms with E-state index in [1.165, 1.54) is 31.5 Å². The molecule has 41 heavy (non-hydrogen) atoms. The molecule has 0 amide bonds. The van der Waals surface area contributed by atoms with Crippen molar-refractivity contribution in [1.29, 1.82) is 0 Å². The maximum absolute atomic E-state index is 12.9. The van der Waals surface area contributed by atoms with Crippen LogP contribution in [0.15, 0.2) is 41.4 Å². The molecule has 0 saturated carbocycles. The molecule has 0 spiro atoms. The van der Waals surface area contributed by atoms with Gasteiger partial charge < -0.3 is 19.9 Å². The van der Waals surface area contributed by atoms with Crippen LogP contribution in [0.25, 0.3) is 0 Å². The van der Waals surface area contributed by atoms with Gasteiger partial charge in [0.25, 0.3) is 5.69 Å². The van der Waals surface area contributed by atoms with E-state index in [-0.39, 0.29) is 34.4 Å². The number of aromatic nitrogens is 1. The van der Waals surface area contributed by atoms with E-state index in [1.807, 2.05) is 27.7 Å². The summed E-state index contributed by atoms with van der Waals surface area (Å²) in [6, 6.07) is 7.82. The summed E-state index contributed by atoms with van der Waals surface area (Å²) in [6.45, 7) is 8.64. The highest BCUT2D eigenvalue weighted by atomic mass is 32.2. The number of nitrogens with one attached hydrogen (secondary N) is 2. The number of ether oxygens (including phenoxy) is 2. The van der Waals surface area contributed by atoms with Gasteiger partial charge in [-0.25, -0.2) is 22.9 Å². The molecule has 1 unspecified atom stereocenters. The summed E-state index contributed by atoms with van der Waals surface area (Å²) in [5.41, 5.74) is 0.0922. The normalized spacial score (nSPS) is 17.7. The molecule has 1 aromatic heterocycles. The van der Waals surface area contributed by atoms with E-state index in [9.17, 15) is 31.7 Å². The third kappa shape index (κ3) is 9.82. The molecule has 1 aromatic carbocycles. The van der Waals surface area contributed by atoms with E-state index < -0.39 is 32.7 Å². The van der Waals surface area contributed by atoms with Crippen LogP contribution in [0.3, 0.4) is 0 Å². The van der Waals surface area contributed by atoms with Gasteiger partial charge in [-0.15, -0.1) is 0 Å². The maximum atomic E-state index is 12.9. The van der Waals surface area contributed by atoms with E-state index in [0.717, 1.165) is 12.0 Å². The van der Waals surface area contributed by atoms with E-state index in [2.05, 4.69) is 15.0 Å². The fourth-order valence-electron chi connectivity index (χ4n) is 4.30. The van der Waals surface area contributed by atoms with Crippen molar-refractivity contribution < 1.29 is 45.9 Å². The number of nitro groups is 1. The Hall–Kier alpha value is -3.50. The minimum Gasteiger partial charge on any atom is -0.493 e. The van der Waals surface area contributed by atoms with Gasteiger partial charge in [0.1, 0.15) is 4.90 Å². The predicted octanol–water partition coefficient (Wildman–Crippen LogP) is 4.16. The van der Waals surface area contributed by atoms with E-state index in [1.54, 1.807) is 12.1 Å². The van der Waals surface area contributed by atoms with Gasteiger partial charge in [0.05, 0.1) is 23.2 Å². The molecule has 1 fully saturated rings. The number of nitro benzene ring substituents is 1. The molecule has 2 aromatic rings. The molecule has 1 atom stereocenters. The van der Waals surface area contributed by atoms with Crippen LogP contribution >= 0.6 is 0 Å². The monoisotopic (exact) mass is 606 g/mol. The number of carboxylic acids is 1. The van der Waals surface area contributed by atoms with Gasteiger partial charge in [-0.3, -0.25) is 10.1 Å². The first-order valence-corrected chi connectivity index (χ1v) is 13.8. The Labute approximate surface area is 235 Å². The Bertz CT molecular complexity index is 1350. The number of carbonyl (C=O) groups is 1. The number of rotatable bonds is 10. The number of anilines is 1. The van der Waals surface area contributed by atoms with Gasteiger partial charge >= 0.3 is 12.1 Å². The number of nitrogens with zero attached hydrogens (tertiary/aromatic N) is 2. The molecule has 3 N–H and O–H groups in total. The molecule has 0 bridgehead atoms. The molecular formula is C25H33F3N4O8S. The van der Waals surface area contributed by atoms with E-state index in [4.69, 9.17) is 19.4 Å². The number of pyridine rings is 1. The smallest absolute Gasteiger partial charge is 0.490 e. The average molecular weight is 607 g/mol. The Morgan fingerprint density at radius 3 is 2.41 bits per heavy atom. The van der Waals surface area contributed by atoms with Crippen LogP contribution in [0.2, 0.25) is 0 Å². The second-order valence-corrected chi connectivity index (χ2v) is 12.1. The van der Waals surface area contributed by atoms with Gasteiger partial charge in [-0.1, -0.05) is 12.1 Å². The van der Waals surface area contributed by atoms with E-state index >= 15 is 0 Å². The van der Waals surface area contributed by atoms with Crippen molar-refractivity contribution in [1.82, 2.24) is 9.71 Å². The topological polar surface area (TPSA) is 170 Å². The largest absolute Gasteiger partial charge is 0.493 e. The molecule has 0 aliphatic carbocycles. The molecule has 3 rings (SSSR count). The summed E-state index contributed by atoms with van der Waals surface area (Å²) in [5, 5.41) is 21.2. The second kappa shape index (κ2) is 13.0. The van der Waals surface area contributed by atoms with Gasteiger partial charge in [-0.2, -0.15) is 13.2 Å². The van der Waals surface area contributed by atoms with Crippen molar-refractivity contribution >= 4 is 27.5 Å². The van der Waals surface area contributed by atoms with Crippen molar-refractivity contribution in [2.45, 2.75) is 62.8 Å². The van der Waals surface area contributed by atoms with E-state index in [0.29, 0.717) is 18.8 Å². The highest BCUT2D eigenvalue weighted by Crippen LogP contribution is 2.41. The highest BCUT2D eigenvalue weighted by Gasteiger charge is 2.46. The van der Waals surface area contributed by atoms with Crippen LogP contribution in [-0.2, 0) is 26.0 Å². The molecule has 0 radical (unpaired) electrons. The third-order valence-electron chi connectivity index (χ3n) is 6.21. The standard InChI is InChI=1S/C23H32N4O6S.C2HF3O2/c1-22(2)13-17(23(3,4)33-22)14-26-34(30,31)19-12-20(32-5)21(25-15-19)24-10-9-16-7-6-8-18(11-16)27(28)29;3-2(4,5)1(6)7/h6-8,11-12,15,17,26H,9-10,13-14H2,1-5H3,(H,24,25);(H,6,7). The number of hydrogen-bond acceptors (Lipinski definition) is 9. The zero-order chi connectivity index (χ0) is 31.2. The molecule has 228 valence electrons. The maximum Gasteiger partial charge on any atom is 0.490 e. The van der Waals surface area contributed by atoms with Crippen molar-refractivity contribution in [2.24, 2.45) is 5.92 Å². The van der Waals surface area contributed by atoms with Crippen molar-refractivity contribution in [3.8, 4) is 5.75 Å². The number of alkyl halides is 3. The number of methoxy groups -OCH3 is 1. The van der Waals surface area contributed by atoms with Gasteiger partial charge in [-0.05, 0) is 46.1 Å². The predicted molar refractivity (Wildman–Crippen MR) is 142 cm³/mol. The Balaban J connectivity index is 0.000000745. The van der Waals surface area contributed by atoms with Crippen molar-refractivity contribution in [2.75, 3.05) is 25.5 Å². The fraction of sp³-hybridized carbons (Fsp3) is 0.520. The SMILES string of the molecule is COc1cc(S(=O)(=O)NCC2CC(C)(C)OC2(C)C)cnc1NCCc1cccc([N+](=O)[O-])c1.O=C(O)C(F)(F)F. The summed E-state index contributed by atoms with van der Waals surface area (Å²) in [4.78, 5) is 23.6. The third-order valence-corrected chi connectivity index (χ3v) is 7.60. The summed E-state index contributed by atoms with van der Waals surface area (Å²) in [6.07, 6.45) is -2.54. The van der Waals surface area contributed by atoms with Gasteiger partial charge in [0, 0.05) is 43.4 Å². The Kier molecular flexibility index (Phi) is 10.7. The lowest BCUT2D eigenvalue weighted by atomic mass is 9.88. The Morgan fingerprint density at radius 1 is 1.27 bits per heavy atom. The molecule has 1 saturated heterocycles. The Morgan fingerprint density at radius 2 is 1.90 bits per heavy atom. The zero-order valence-corrected chi connectivity index (χ0v) is 23.9. The van der Waals surface area contributed by atoms with Crippen molar-refractivity contribution in [3.63, 3.8) is 0 Å². The zero-order valence-electron chi connectivity index (χ0n) is 23.1. The number of hydrogen-bond donors (Lipinski definition) is 3. The number of halogens is 3. The minimum atomic E-state index is -5.08. The summed E-state index contributed by atoms with van der Waals surface area (Å²) in [7, 11) is -2.36. The lowest BCUT2D eigenvalue weighted by molar-refractivity contribution is -0.384. The molecular weight excluding hydrogens is 573 g/mol. The van der Waals surface area contributed by atoms with Crippen LogP contribution in [0.5, 0.6) is 5.75 Å². The number of aliphatic carboxylic acids is 1. The highest BCUT2D eigenvalue weighted by molar-refractivity contribution is 7.89. The number of benzene rings is 1. The quantitative estimate of drug-likeness (QED) is 0.264. The van der Waals surface area contributed by atoms with Crippen molar-refractivity contribution in [3.05, 3.63) is 52.2 Å². The molecule has 2 heterocycles. The number of carboxylic acid groups (broad SMARTS) is 1. The minimum absolute atomic E-state index is 0.00423. The molecule has 1 aliphatic heterocycles. The fourth-order valence-corrected chi connectivity index (χ4v) is 5.34. The number of sulfonamides is 1. The molecule has 12 nitrogen and oxygen atoms in total. The lowest BCUT2D eigenvalue weighted by Crippen LogP contribution is -2.37. The van der Waals surface area contributed by atoms with Crippen LogP contribution in [0, 0.1) is 16.0 Å². The summed E-state index contributed by atoms with van der Waals surface area (Å²) >= 11 is 0. The second-order valence-electron chi connectivity index (χ2n) is 10.3. The van der Waals surface area contributed by atoms with Crippen LogP contribution in [0.4, 0.5) is 24.7 Å². The molecule has 16 heteroatoms.